The van der Waals surface area contributed by atoms with Crippen molar-refractivity contribution in [3.63, 3.8) is 0 Å². The number of sulfone groups is 1. The van der Waals surface area contributed by atoms with Crippen LogP contribution in [0.4, 0.5) is 5.69 Å². The predicted octanol–water partition coefficient (Wildman–Crippen LogP) is 3.17. The maximum atomic E-state index is 12.6. The van der Waals surface area contributed by atoms with Gasteiger partial charge >= 0.3 is 0 Å². The molecule has 0 amide bonds. The lowest BCUT2D eigenvalue weighted by atomic mass is 10.1. The molecule has 2 rings (SSSR count). The van der Waals surface area contributed by atoms with Gasteiger partial charge in [0.15, 0.2) is 9.84 Å². The summed E-state index contributed by atoms with van der Waals surface area (Å²) in [7, 11) is -3.36. The minimum atomic E-state index is -3.36. The number of anilines is 1. The molecule has 0 radical (unpaired) electrons. The number of nitrogens with two attached hydrogens (primary N) is 1. The molecule has 0 unspecified atom stereocenters. The fourth-order valence-corrected chi connectivity index (χ4v) is 4.18. The predicted molar refractivity (Wildman–Crippen MR) is 82.4 cm³/mol. The highest BCUT2D eigenvalue weighted by molar-refractivity contribution is 7.90. The number of rotatable bonds is 3. The first-order chi connectivity index (χ1) is 9.31. The van der Waals surface area contributed by atoms with Gasteiger partial charge in [0.1, 0.15) is 0 Å². The Morgan fingerprint density at radius 1 is 0.950 bits per heavy atom. The SMILES string of the molecule is Cc1cc(N)ccc1S(=O)(=O)Cc1c(C)cccc1C. The van der Waals surface area contributed by atoms with Crippen molar-refractivity contribution in [1.82, 2.24) is 0 Å². The molecule has 106 valence electrons. The van der Waals surface area contributed by atoms with Crippen LogP contribution < -0.4 is 5.73 Å². The Hall–Kier alpha value is -1.81. The second kappa shape index (κ2) is 5.29. The molecule has 0 aliphatic carbocycles. The van der Waals surface area contributed by atoms with E-state index in [4.69, 9.17) is 5.73 Å². The topological polar surface area (TPSA) is 60.2 Å². The molecular weight excluding hydrogens is 270 g/mol. The fourth-order valence-electron chi connectivity index (χ4n) is 2.37. The summed E-state index contributed by atoms with van der Waals surface area (Å²) in [4.78, 5) is 0.356. The Bertz CT molecular complexity index is 729. The van der Waals surface area contributed by atoms with Crippen molar-refractivity contribution in [3.05, 3.63) is 58.7 Å². The average molecular weight is 289 g/mol. The van der Waals surface area contributed by atoms with E-state index < -0.39 is 9.84 Å². The van der Waals surface area contributed by atoms with E-state index in [0.717, 1.165) is 16.7 Å². The second-order valence-electron chi connectivity index (χ2n) is 5.15. The van der Waals surface area contributed by atoms with Gasteiger partial charge in [-0.15, -0.1) is 0 Å². The number of benzene rings is 2. The zero-order chi connectivity index (χ0) is 14.9. The molecule has 3 nitrogen and oxygen atoms in total. The maximum absolute atomic E-state index is 12.6. The lowest BCUT2D eigenvalue weighted by Crippen LogP contribution is -2.09. The minimum absolute atomic E-state index is 0.0241. The Labute approximate surface area is 120 Å². The molecular formula is C16H19NO2S. The monoisotopic (exact) mass is 289 g/mol. The largest absolute Gasteiger partial charge is 0.399 e. The number of aryl methyl sites for hydroxylation is 3. The van der Waals surface area contributed by atoms with Gasteiger partial charge in [-0.1, -0.05) is 18.2 Å². The van der Waals surface area contributed by atoms with Gasteiger partial charge in [0.05, 0.1) is 10.6 Å². The smallest absolute Gasteiger partial charge is 0.182 e. The first kappa shape index (κ1) is 14.6. The van der Waals surface area contributed by atoms with Gasteiger partial charge in [0.2, 0.25) is 0 Å². The summed E-state index contributed by atoms with van der Waals surface area (Å²) in [5, 5.41) is 0. The molecule has 0 saturated carbocycles. The molecule has 0 bridgehead atoms. The van der Waals surface area contributed by atoms with Gasteiger partial charge in [-0.25, -0.2) is 8.42 Å². The van der Waals surface area contributed by atoms with Crippen LogP contribution in [0.2, 0.25) is 0 Å². The van der Waals surface area contributed by atoms with Crippen molar-refractivity contribution >= 4 is 15.5 Å². The molecule has 0 saturated heterocycles. The maximum Gasteiger partial charge on any atom is 0.182 e. The number of nitrogen functional groups attached to an aromatic ring is 1. The molecule has 0 heterocycles. The van der Waals surface area contributed by atoms with E-state index in [2.05, 4.69) is 0 Å². The summed E-state index contributed by atoms with van der Waals surface area (Å²) < 4.78 is 25.2. The molecule has 2 aromatic carbocycles. The van der Waals surface area contributed by atoms with E-state index in [1.807, 2.05) is 32.0 Å². The summed E-state index contributed by atoms with van der Waals surface area (Å²) in [5.74, 6) is 0.0241. The van der Waals surface area contributed by atoms with E-state index in [-0.39, 0.29) is 5.75 Å². The second-order valence-corrected chi connectivity index (χ2v) is 7.11. The van der Waals surface area contributed by atoms with Crippen LogP contribution in [-0.2, 0) is 15.6 Å². The standard InChI is InChI=1S/C16H19NO2S/c1-11-5-4-6-12(2)15(11)10-20(18,19)16-8-7-14(17)9-13(16)3/h4-9H,10,17H2,1-3H3. The Morgan fingerprint density at radius 2 is 1.55 bits per heavy atom. The van der Waals surface area contributed by atoms with E-state index >= 15 is 0 Å². The molecule has 0 spiro atoms. The van der Waals surface area contributed by atoms with Crippen molar-refractivity contribution in [2.45, 2.75) is 31.4 Å². The first-order valence-electron chi connectivity index (χ1n) is 6.45. The highest BCUT2D eigenvalue weighted by Gasteiger charge is 2.19. The summed E-state index contributed by atoms with van der Waals surface area (Å²) in [6, 6.07) is 10.7. The van der Waals surface area contributed by atoms with Crippen molar-refractivity contribution in [2.75, 3.05) is 5.73 Å². The molecule has 0 fully saturated rings. The Balaban J connectivity index is 2.46. The van der Waals surface area contributed by atoms with Gasteiger partial charge < -0.3 is 5.73 Å². The van der Waals surface area contributed by atoms with E-state index in [1.165, 1.54) is 0 Å². The van der Waals surface area contributed by atoms with Crippen LogP contribution in [0.5, 0.6) is 0 Å². The summed E-state index contributed by atoms with van der Waals surface area (Å²) in [6.45, 7) is 5.65. The van der Waals surface area contributed by atoms with Crippen LogP contribution in [-0.4, -0.2) is 8.42 Å². The van der Waals surface area contributed by atoms with Crippen LogP contribution in [0.25, 0.3) is 0 Å². The van der Waals surface area contributed by atoms with E-state index in [9.17, 15) is 8.42 Å². The summed E-state index contributed by atoms with van der Waals surface area (Å²) >= 11 is 0. The quantitative estimate of drug-likeness (QED) is 0.883. The highest BCUT2D eigenvalue weighted by atomic mass is 32.2. The van der Waals surface area contributed by atoms with Gasteiger partial charge in [0, 0.05) is 5.69 Å². The van der Waals surface area contributed by atoms with Gasteiger partial charge in [0.25, 0.3) is 0 Å². The normalized spacial score (nSPS) is 11.6. The molecule has 2 N–H and O–H groups in total. The lowest BCUT2D eigenvalue weighted by molar-refractivity contribution is 0.594. The highest BCUT2D eigenvalue weighted by Crippen LogP contribution is 2.24. The molecule has 20 heavy (non-hydrogen) atoms. The van der Waals surface area contributed by atoms with Crippen LogP contribution in [0.1, 0.15) is 22.3 Å². The molecule has 2 aromatic rings. The zero-order valence-electron chi connectivity index (χ0n) is 12.0. The van der Waals surface area contributed by atoms with Crippen LogP contribution in [0, 0.1) is 20.8 Å². The fraction of sp³-hybridized carbons (Fsp3) is 0.250. The molecule has 4 heteroatoms. The lowest BCUT2D eigenvalue weighted by Gasteiger charge is -2.12. The molecule has 0 aliphatic rings. The van der Waals surface area contributed by atoms with Crippen LogP contribution in [0.3, 0.4) is 0 Å². The van der Waals surface area contributed by atoms with Crippen molar-refractivity contribution < 1.29 is 8.42 Å². The van der Waals surface area contributed by atoms with E-state index in [1.54, 1.807) is 25.1 Å². The third-order valence-corrected chi connectivity index (χ3v) is 5.31. The number of hydrogen-bond acceptors (Lipinski definition) is 3. The molecule has 0 aromatic heterocycles. The Morgan fingerprint density at radius 3 is 2.10 bits per heavy atom. The average Bonchev–Trinajstić information content (AvgIpc) is 2.33. The van der Waals surface area contributed by atoms with E-state index in [0.29, 0.717) is 16.1 Å². The molecule has 0 aliphatic heterocycles. The van der Waals surface area contributed by atoms with Gasteiger partial charge in [-0.2, -0.15) is 0 Å². The van der Waals surface area contributed by atoms with Crippen molar-refractivity contribution in [3.8, 4) is 0 Å². The van der Waals surface area contributed by atoms with Crippen molar-refractivity contribution in [2.24, 2.45) is 0 Å². The zero-order valence-corrected chi connectivity index (χ0v) is 12.8. The minimum Gasteiger partial charge on any atom is -0.399 e. The van der Waals surface area contributed by atoms with Gasteiger partial charge in [-0.3, -0.25) is 0 Å². The third-order valence-electron chi connectivity index (χ3n) is 3.51. The molecule has 0 atom stereocenters. The van der Waals surface area contributed by atoms with Crippen LogP contribution >= 0.6 is 0 Å². The van der Waals surface area contributed by atoms with Gasteiger partial charge in [-0.05, 0) is 61.2 Å². The summed E-state index contributed by atoms with van der Waals surface area (Å²) in [5.41, 5.74) is 9.83. The number of hydrogen-bond donors (Lipinski definition) is 1. The summed E-state index contributed by atoms with van der Waals surface area (Å²) in [6.07, 6.45) is 0. The first-order valence-corrected chi connectivity index (χ1v) is 8.10. The van der Waals surface area contributed by atoms with Crippen LogP contribution in [0.15, 0.2) is 41.3 Å². The van der Waals surface area contributed by atoms with Crippen molar-refractivity contribution in [1.29, 1.82) is 0 Å². The third kappa shape index (κ3) is 2.85. The Kier molecular flexibility index (Phi) is 3.86.